The van der Waals surface area contributed by atoms with Crippen LogP contribution >= 0.6 is 0 Å². The molecule has 0 saturated heterocycles. The molecule has 0 aromatic heterocycles. The summed E-state index contributed by atoms with van der Waals surface area (Å²) in [6.07, 6.45) is 2.93. The molecule has 0 saturated carbocycles. The smallest absolute Gasteiger partial charge is 0.160 e. The lowest BCUT2D eigenvalue weighted by Crippen LogP contribution is -2.23. The van der Waals surface area contributed by atoms with Crippen LogP contribution in [0.3, 0.4) is 0 Å². The molecule has 0 aliphatic rings. The average Bonchev–Trinajstić information content (AvgIpc) is 2.86. The Morgan fingerprint density at radius 3 is 2.09 bits per heavy atom. The molecule has 0 N–H and O–H groups in total. The molecule has 3 aromatic carbocycles. The highest BCUT2D eigenvalue weighted by Gasteiger charge is 2.09. The number of benzene rings is 3. The van der Waals surface area contributed by atoms with Crippen LogP contribution in [0.4, 0.5) is 0 Å². The first-order valence-electron chi connectivity index (χ1n) is 11.7. The van der Waals surface area contributed by atoms with Crippen molar-refractivity contribution in [3.05, 3.63) is 88.5 Å². The van der Waals surface area contributed by atoms with E-state index >= 15 is 0 Å². The second kappa shape index (κ2) is 12.6. The van der Waals surface area contributed by atoms with E-state index in [0.717, 1.165) is 55.2 Å². The largest absolute Gasteiger partial charge is 0.497 e. The van der Waals surface area contributed by atoms with E-state index in [1.807, 2.05) is 42.5 Å². The quantitative estimate of drug-likeness (QED) is 0.284. The summed E-state index contributed by atoms with van der Waals surface area (Å²) in [6, 6.07) is 23.9. The fraction of sp³-hybridized carbons (Fsp3) is 0.333. The van der Waals surface area contributed by atoms with Crippen LogP contribution in [0, 0.1) is 25.8 Å². The lowest BCUT2D eigenvalue weighted by molar-refractivity contribution is 0.354. The van der Waals surface area contributed by atoms with Gasteiger partial charge in [-0.3, -0.25) is 0 Å². The van der Waals surface area contributed by atoms with E-state index in [1.165, 1.54) is 22.3 Å². The maximum absolute atomic E-state index is 5.47. The standard InChI is InChI=1S/C30H35NO3/c1-23-20-27(32-3)21-24(2)28(23)12-9-17-31(18-15-25-10-7-6-8-11-25)19-16-26-13-14-29(33-4)30(22-26)34-5/h6-8,10-11,13-14,20-22H,9,12,16-17,19H2,1-5H3. The highest BCUT2D eigenvalue weighted by Crippen LogP contribution is 2.28. The van der Waals surface area contributed by atoms with Gasteiger partial charge in [0.1, 0.15) is 5.75 Å². The predicted molar refractivity (Wildman–Crippen MR) is 139 cm³/mol. The Bertz CT molecular complexity index is 1110. The summed E-state index contributed by atoms with van der Waals surface area (Å²) in [4.78, 5) is 2.23. The summed E-state index contributed by atoms with van der Waals surface area (Å²) >= 11 is 0. The van der Waals surface area contributed by atoms with Crippen LogP contribution in [-0.4, -0.2) is 39.3 Å². The molecule has 0 heterocycles. The zero-order chi connectivity index (χ0) is 24.3. The van der Waals surface area contributed by atoms with Crippen LogP contribution in [0.2, 0.25) is 0 Å². The van der Waals surface area contributed by atoms with Crippen molar-refractivity contribution in [2.75, 3.05) is 34.4 Å². The Kier molecular flexibility index (Phi) is 9.29. The third-order valence-electron chi connectivity index (χ3n) is 6.01. The number of rotatable bonds is 10. The predicted octanol–water partition coefficient (Wildman–Crippen LogP) is 5.82. The first-order valence-corrected chi connectivity index (χ1v) is 11.7. The summed E-state index contributed by atoms with van der Waals surface area (Å²) in [5.41, 5.74) is 6.19. The first-order chi connectivity index (χ1) is 16.5. The number of hydrogen-bond acceptors (Lipinski definition) is 4. The molecule has 0 amide bonds. The van der Waals surface area contributed by atoms with Crippen molar-refractivity contribution in [2.24, 2.45) is 0 Å². The summed E-state index contributed by atoms with van der Waals surface area (Å²) in [5.74, 6) is 5.75. The molecule has 3 aromatic rings. The van der Waals surface area contributed by atoms with Crippen molar-refractivity contribution in [3.63, 3.8) is 0 Å². The number of nitrogens with zero attached hydrogens (tertiary/aromatic N) is 1. The summed E-state index contributed by atoms with van der Waals surface area (Å²) in [5, 5.41) is 0. The molecule has 4 heteroatoms. The molecule has 0 aliphatic carbocycles. The van der Waals surface area contributed by atoms with Crippen LogP contribution < -0.4 is 14.2 Å². The average molecular weight is 458 g/mol. The Morgan fingerprint density at radius 2 is 1.44 bits per heavy atom. The van der Waals surface area contributed by atoms with Crippen molar-refractivity contribution in [1.82, 2.24) is 4.90 Å². The summed E-state index contributed by atoms with van der Waals surface area (Å²) in [6.45, 7) is 6.07. The molecule has 0 fully saturated rings. The normalized spacial score (nSPS) is 10.3. The van der Waals surface area contributed by atoms with E-state index in [4.69, 9.17) is 14.2 Å². The first kappa shape index (κ1) is 25.1. The highest BCUT2D eigenvalue weighted by molar-refractivity contribution is 5.43. The van der Waals surface area contributed by atoms with Crippen molar-refractivity contribution < 1.29 is 14.2 Å². The molecule has 3 rings (SSSR count). The molecule has 0 aliphatic heterocycles. The second-order valence-corrected chi connectivity index (χ2v) is 8.37. The van der Waals surface area contributed by atoms with Gasteiger partial charge in [0.05, 0.1) is 21.3 Å². The monoisotopic (exact) mass is 457 g/mol. The molecule has 0 radical (unpaired) electrons. The zero-order valence-electron chi connectivity index (χ0n) is 21.0. The molecule has 34 heavy (non-hydrogen) atoms. The molecular formula is C30H35NO3. The Balaban J connectivity index is 1.70. The number of methoxy groups -OCH3 is 3. The maximum atomic E-state index is 5.47. The van der Waals surface area contributed by atoms with Crippen molar-refractivity contribution in [1.29, 1.82) is 0 Å². The van der Waals surface area contributed by atoms with Gasteiger partial charge in [-0.2, -0.15) is 0 Å². The third kappa shape index (κ3) is 6.96. The third-order valence-corrected chi connectivity index (χ3v) is 6.01. The minimum Gasteiger partial charge on any atom is -0.497 e. The van der Waals surface area contributed by atoms with Gasteiger partial charge in [-0.1, -0.05) is 24.3 Å². The topological polar surface area (TPSA) is 30.9 Å². The lowest BCUT2D eigenvalue weighted by atomic mass is 9.98. The highest BCUT2D eigenvalue weighted by atomic mass is 16.5. The van der Waals surface area contributed by atoms with Gasteiger partial charge >= 0.3 is 0 Å². The van der Waals surface area contributed by atoms with Gasteiger partial charge in [0, 0.05) is 24.7 Å². The molecule has 0 spiro atoms. The van der Waals surface area contributed by atoms with Gasteiger partial charge in [0.2, 0.25) is 0 Å². The molecule has 0 unspecified atom stereocenters. The molecule has 0 atom stereocenters. The van der Waals surface area contributed by atoms with Crippen molar-refractivity contribution >= 4 is 0 Å². The Morgan fingerprint density at radius 1 is 0.735 bits per heavy atom. The Hall–Kier alpha value is -3.58. The zero-order valence-corrected chi connectivity index (χ0v) is 21.0. The van der Waals surface area contributed by atoms with E-state index in [1.54, 1.807) is 21.3 Å². The van der Waals surface area contributed by atoms with E-state index in [0.29, 0.717) is 0 Å². The van der Waals surface area contributed by atoms with E-state index in [-0.39, 0.29) is 0 Å². The van der Waals surface area contributed by atoms with Crippen LogP contribution in [0.5, 0.6) is 17.2 Å². The SMILES string of the molecule is COc1cc(C)c(CCCN(C#Cc2ccccc2)CCc2ccc(OC)c(OC)c2)c(C)c1. The van der Waals surface area contributed by atoms with Gasteiger partial charge in [-0.05, 0) is 97.7 Å². The number of ether oxygens (including phenoxy) is 3. The van der Waals surface area contributed by atoms with E-state index in [2.05, 4.69) is 48.9 Å². The van der Waals surface area contributed by atoms with Crippen molar-refractivity contribution in [2.45, 2.75) is 33.1 Å². The minimum atomic E-state index is 0.747. The fourth-order valence-electron chi connectivity index (χ4n) is 4.10. The van der Waals surface area contributed by atoms with Gasteiger partial charge in [0.15, 0.2) is 11.5 Å². The molecule has 0 bridgehead atoms. The van der Waals surface area contributed by atoms with Crippen LogP contribution in [0.15, 0.2) is 60.7 Å². The fourth-order valence-corrected chi connectivity index (χ4v) is 4.10. The van der Waals surface area contributed by atoms with Gasteiger partial charge in [-0.15, -0.1) is 0 Å². The maximum Gasteiger partial charge on any atom is 0.160 e. The van der Waals surface area contributed by atoms with Crippen LogP contribution in [0.25, 0.3) is 0 Å². The van der Waals surface area contributed by atoms with E-state index < -0.39 is 0 Å². The minimum absolute atomic E-state index is 0.747. The van der Waals surface area contributed by atoms with Crippen LogP contribution in [-0.2, 0) is 12.8 Å². The second-order valence-electron chi connectivity index (χ2n) is 8.37. The van der Waals surface area contributed by atoms with Crippen molar-refractivity contribution in [3.8, 4) is 29.2 Å². The van der Waals surface area contributed by atoms with Crippen LogP contribution in [0.1, 0.15) is 34.2 Å². The van der Waals surface area contributed by atoms with E-state index in [9.17, 15) is 0 Å². The number of hydrogen-bond donors (Lipinski definition) is 0. The van der Waals surface area contributed by atoms with Gasteiger partial charge in [-0.25, -0.2) is 0 Å². The lowest BCUT2D eigenvalue weighted by Gasteiger charge is -2.19. The molecule has 4 nitrogen and oxygen atoms in total. The number of aryl methyl sites for hydroxylation is 2. The molecule has 178 valence electrons. The van der Waals surface area contributed by atoms with Gasteiger partial charge in [0.25, 0.3) is 0 Å². The van der Waals surface area contributed by atoms with Gasteiger partial charge < -0.3 is 19.1 Å². The molecular weight excluding hydrogens is 422 g/mol. The Labute approximate surface area is 204 Å². The summed E-state index contributed by atoms with van der Waals surface area (Å²) < 4.78 is 16.2. The summed E-state index contributed by atoms with van der Waals surface area (Å²) in [7, 11) is 5.04.